The van der Waals surface area contributed by atoms with E-state index in [2.05, 4.69) is 41.9 Å². The Kier molecular flexibility index (Phi) is 8.50. The van der Waals surface area contributed by atoms with E-state index in [1.165, 1.54) is 12.8 Å². The highest BCUT2D eigenvalue weighted by molar-refractivity contribution is 5.40. The van der Waals surface area contributed by atoms with Crippen molar-refractivity contribution in [2.24, 2.45) is 15.9 Å². The molecule has 3 heteroatoms. The van der Waals surface area contributed by atoms with Gasteiger partial charge in [0.15, 0.2) is 0 Å². The van der Waals surface area contributed by atoms with E-state index < -0.39 is 0 Å². The van der Waals surface area contributed by atoms with Crippen LogP contribution in [-0.4, -0.2) is 44.6 Å². The van der Waals surface area contributed by atoms with Gasteiger partial charge in [-0.3, -0.25) is 0 Å². The largest absolute Gasteiger partial charge is 0.309 e. The van der Waals surface area contributed by atoms with Gasteiger partial charge in [-0.15, -0.1) is 0 Å². The maximum atomic E-state index is 4.13. The summed E-state index contributed by atoms with van der Waals surface area (Å²) >= 11 is 0. The third-order valence-electron chi connectivity index (χ3n) is 2.00. The smallest absolute Gasteiger partial charge is 0.0892 e. The molecule has 0 aliphatic rings. The molecule has 0 amide bonds. The van der Waals surface area contributed by atoms with Crippen LogP contribution in [0.4, 0.5) is 0 Å². The summed E-state index contributed by atoms with van der Waals surface area (Å²) < 4.78 is 0. The number of hydrogen-bond acceptors (Lipinski definition) is 3. The molecule has 3 nitrogen and oxygen atoms in total. The molecule has 0 saturated carbocycles. The van der Waals surface area contributed by atoms with Crippen LogP contribution in [0.5, 0.6) is 0 Å². The Bertz CT molecular complexity index is 181. The van der Waals surface area contributed by atoms with Crippen molar-refractivity contribution in [3.63, 3.8) is 0 Å². The van der Waals surface area contributed by atoms with Gasteiger partial charge < -0.3 is 4.90 Å². The molecule has 82 valence electrons. The Morgan fingerprint density at radius 3 is 2.57 bits per heavy atom. The fourth-order valence-electron chi connectivity index (χ4n) is 1.16. The van der Waals surface area contributed by atoms with Crippen LogP contribution in [0, 0.1) is 5.92 Å². The van der Waals surface area contributed by atoms with Crippen LogP contribution < -0.4 is 0 Å². The normalized spacial score (nSPS) is 12.4. The average molecular weight is 197 g/mol. The quantitative estimate of drug-likeness (QED) is 0.575. The Morgan fingerprint density at radius 1 is 1.29 bits per heavy atom. The van der Waals surface area contributed by atoms with E-state index >= 15 is 0 Å². The van der Waals surface area contributed by atoms with Crippen molar-refractivity contribution in [2.45, 2.75) is 26.7 Å². The first-order valence-corrected chi connectivity index (χ1v) is 5.39. The van der Waals surface area contributed by atoms with Gasteiger partial charge in [-0.05, 0) is 46.3 Å². The van der Waals surface area contributed by atoms with E-state index in [9.17, 15) is 0 Å². The highest BCUT2D eigenvalue weighted by atomic mass is 15.0. The Balaban J connectivity index is 3.45. The topological polar surface area (TPSA) is 28.0 Å². The number of rotatable bonds is 7. The van der Waals surface area contributed by atoms with Gasteiger partial charge in [0.2, 0.25) is 0 Å². The van der Waals surface area contributed by atoms with Gasteiger partial charge in [0.05, 0.1) is 12.6 Å². The first kappa shape index (κ1) is 13.3. The maximum absolute atomic E-state index is 4.13. The lowest BCUT2D eigenvalue weighted by atomic mass is 10.1. The monoisotopic (exact) mass is 197 g/mol. The van der Waals surface area contributed by atoms with Crippen molar-refractivity contribution >= 4 is 6.01 Å². The van der Waals surface area contributed by atoms with Crippen LogP contribution in [0.15, 0.2) is 9.98 Å². The van der Waals surface area contributed by atoms with Crippen LogP contribution in [0.3, 0.4) is 0 Å². The Labute approximate surface area is 87.9 Å². The number of nitrogens with zero attached hydrogens (tertiary/aromatic N) is 3. The molecule has 0 heterocycles. The van der Waals surface area contributed by atoms with Crippen molar-refractivity contribution in [3.8, 4) is 0 Å². The highest BCUT2D eigenvalue weighted by Crippen LogP contribution is 2.05. The third kappa shape index (κ3) is 9.43. The van der Waals surface area contributed by atoms with E-state index in [-0.39, 0.29) is 0 Å². The summed E-state index contributed by atoms with van der Waals surface area (Å²) in [6.07, 6.45) is 2.48. The molecule has 0 aromatic rings. The van der Waals surface area contributed by atoms with Crippen molar-refractivity contribution < 1.29 is 0 Å². The predicted octanol–water partition coefficient (Wildman–Crippen LogP) is 2.16. The minimum atomic E-state index is 0.648. The zero-order chi connectivity index (χ0) is 10.8. The molecule has 1 unspecified atom stereocenters. The van der Waals surface area contributed by atoms with Crippen LogP contribution in [0.25, 0.3) is 0 Å². The summed E-state index contributed by atoms with van der Waals surface area (Å²) in [6, 6.07) is 2.70. The molecule has 0 aromatic carbocycles. The molecule has 0 aliphatic heterocycles. The molecular weight excluding hydrogens is 174 g/mol. The van der Waals surface area contributed by atoms with Gasteiger partial charge in [0.25, 0.3) is 0 Å². The molecule has 0 N–H and O–H groups in total. The van der Waals surface area contributed by atoms with Crippen molar-refractivity contribution in [1.82, 2.24) is 4.90 Å². The molecular formula is C11H23N3. The second kappa shape index (κ2) is 8.92. The van der Waals surface area contributed by atoms with Crippen LogP contribution >= 0.6 is 0 Å². The van der Waals surface area contributed by atoms with E-state index in [0.717, 1.165) is 19.6 Å². The van der Waals surface area contributed by atoms with Crippen LogP contribution in [-0.2, 0) is 0 Å². The standard InChI is InChI=1S/C11H23N3/c1-5-12-10-13-9-11(2)7-6-8-14(3)4/h11H,5-9H2,1-4H3. The number of aliphatic imine (C=N–C) groups is 2. The predicted molar refractivity (Wildman–Crippen MR) is 62.2 cm³/mol. The van der Waals surface area contributed by atoms with Gasteiger partial charge in [0.1, 0.15) is 0 Å². The van der Waals surface area contributed by atoms with E-state index in [4.69, 9.17) is 0 Å². The molecule has 0 aromatic heterocycles. The SMILES string of the molecule is CCN=C=NCC(C)CCCN(C)C. The summed E-state index contributed by atoms with van der Waals surface area (Å²) in [5.41, 5.74) is 0. The molecule has 0 spiro atoms. The zero-order valence-electron chi connectivity index (χ0n) is 9.95. The van der Waals surface area contributed by atoms with Crippen molar-refractivity contribution in [1.29, 1.82) is 0 Å². The van der Waals surface area contributed by atoms with Gasteiger partial charge >= 0.3 is 0 Å². The van der Waals surface area contributed by atoms with E-state index in [0.29, 0.717) is 5.92 Å². The maximum Gasteiger partial charge on any atom is 0.0892 e. The van der Waals surface area contributed by atoms with Crippen molar-refractivity contribution in [2.75, 3.05) is 33.7 Å². The third-order valence-corrected chi connectivity index (χ3v) is 2.00. The minimum absolute atomic E-state index is 0.648. The molecule has 0 fully saturated rings. The lowest BCUT2D eigenvalue weighted by Crippen LogP contribution is -2.14. The molecule has 0 rings (SSSR count). The first-order chi connectivity index (χ1) is 6.66. The van der Waals surface area contributed by atoms with Gasteiger partial charge in [-0.25, -0.2) is 9.98 Å². The zero-order valence-corrected chi connectivity index (χ0v) is 9.95. The van der Waals surface area contributed by atoms with Crippen LogP contribution in [0.2, 0.25) is 0 Å². The average Bonchev–Trinajstić information content (AvgIpc) is 2.12. The van der Waals surface area contributed by atoms with Crippen molar-refractivity contribution in [3.05, 3.63) is 0 Å². The molecule has 1 atom stereocenters. The van der Waals surface area contributed by atoms with Gasteiger partial charge in [-0.2, -0.15) is 0 Å². The van der Waals surface area contributed by atoms with Crippen LogP contribution in [0.1, 0.15) is 26.7 Å². The second-order valence-corrected chi connectivity index (χ2v) is 3.97. The number of hydrogen-bond donors (Lipinski definition) is 0. The Morgan fingerprint density at radius 2 is 2.00 bits per heavy atom. The highest BCUT2D eigenvalue weighted by Gasteiger charge is 2.00. The second-order valence-electron chi connectivity index (χ2n) is 3.97. The summed E-state index contributed by atoms with van der Waals surface area (Å²) in [5, 5.41) is 0. The fourth-order valence-corrected chi connectivity index (χ4v) is 1.16. The lowest BCUT2D eigenvalue weighted by molar-refractivity contribution is 0.374. The Hall–Kier alpha value is -0.660. The summed E-state index contributed by atoms with van der Waals surface area (Å²) in [7, 11) is 4.22. The first-order valence-electron chi connectivity index (χ1n) is 5.39. The molecule has 0 bridgehead atoms. The minimum Gasteiger partial charge on any atom is -0.309 e. The summed E-state index contributed by atoms with van der Waals surface area (Å²) in [6.45, 7) is 7.02. The molecule has 0 aliphatic carbocycles. The molecule has 14 heavy (non-hydrogen) atoms. The summed E-state index contributed by atoms with van der Waals surface area (Å²) in [5.74, 6) is 0.648. The molecule has 0 radical (unpaired) electrons. The fraction of sp³-hybridized carbons (Fsp3) is 0.909. The summed E-state index contributed by atoms with van der Waals surface area (Å²) in [4.78, 5) is 10.3. The molecule has 0 saturated heterocycles. The van der Waals surface area contributed by atoms with Gasteiger partial charge in [-0.1, -0.05) is 6.92 Å². The van der Waals surface area contributed by atoms with E-state index in [1.807, 2.05) is 6.92 Å². The lowest BCUT2D eigenvalue weighted by Gasteiger charge is -2.11. The van der Waals surface area contributed by atoms with E-state index in [1.54, 1.807) is 0 Å². The van der Waals surface area contributed by atoms with Gasteiger partial charge in [0, 0.05) is 6.54 Å².